The van der Waals surface area contributed by atoms with E-state index in [9.17, 15) is 4.79 Å². The number of rotatable bonds is 8. The topological polar surface area (TPSA) is 81.9 Å². The summed E-state index contributed by atoms with van der Waals surface area (Å²) in [6.45, 7) is 6.51. The lowest BCUT2D eigenvalue weighted by atomic mass is 10.2. The van der Waals surface area contributed by atoms with Gasteiger partial charge in [-0.05, 0) is 72.6 Å². The predicted octanol–water partition coefficient (Wildman–Crippen LogP) is 5.29. The minimum absolute atomic E-state index is 0.164. The van der Waals surface area contributed by atoms with Crippen LogP contribution in [0.3, 0.4) is 0 Å². The van der Waals surface area contributed by atoms with Gasteiger partial charge in [-0.1, -0.05) is 23.4 Å². The third kappa shape index (κ3) is 5.74. The fourth-order valence-electron chi connectivity index (χ4n) is 2.71. The average molecular weight is 511 g/mol. The second-order valence-corrected chi connectivity index (χ2v) is 8.72. The molecule has 7 nitrogen and oxygen atoms in total. The van der Waals surface area contributed by atoms with Crippen LogP contribution in [-0.4, -0.2) is 31.4 Å². The highest BCUT2D eigenvalue weighted by molar-refractivity contribution is 9.10. The number of amides is 1. The molecule has 0 bridgehead atoms. The van der Waals surface area contributed by atoms with Crippen molar-refractivity contribution in [1.29, 1.82) is 0 Å². The minimum Gasteiger partial charge on any atom is -0.483 e. The van der Waals surface area contributed by atoms with Crippen molar-refractivity contribution in [1.82, 2.24) is 19.7 Å². The molecule has 0 aliphatic rings. The quantitative estimate of drug-likeness (QED) is 0.415. The Morgan fingerprint density at radius 1 is 1.33 bits per heavy atom. The highest BCUT2D eigenvalue weighted by atomic mass is 79.9. The van der Waals surface area contributed by atoms with Crippen molar-refractivity contribution in [3.63, 3.8) is 0 Å². The molecule has 0 aliphatic heterocycles. The number of nitrogens with zero attached hydrogens (tertiary/aromatic N) is 4. The fraction of sp³-hybridized carbons (Fsp3) is 0.300. The predicted molar refractivity (Wildman–Crippen MR) is 122 cm³/mol. The first-order valence-corrected chi connectivity index (χ1v) is 11.4. The van der Waals surface area contributed by atoms with Crippen LogP contribution in [-0.2, 0) is 11.3 Å². The molecule has 30 heavy (non-hydrogen) atoms. The average Bonchev–Trinajstić information content (AvgIpc) is 3.14. The molecular formula is C20H21BrClN5O2S. The van der Waals surface area contributed by atoms with Crippen LogP contribution in [0.2, 0.25) is 5.02 Å². The van der Waals surface area contributed by atoms with Gasteiger partial charge in [-0.25, -0.2) is 4.98 Å². The van der Waals surface area contributed by atoms with E-state index in [2.05, 4.69) is 36.4 Å². The standard InChI is InChI=1S/C20H21BrClN5O2S/c1-4-27-19(13(3)29-15-6-7-16(22)12(2)9-15)25-26-20(27)30-11-18(28)24-17-8-5-14(21)10-23-17/h5-10,13H,4,11H2,1-3H3,(H,23,24,28). The molecule has 3 rings (SSSR count). The number of hydrogen-bond donors (Lipinski definition) is 1. The first kappa shape index (κ1) is 22.6. The Labute approximate surface area is 192 Å². The molecule has 1 atom stereocenters. The highest BCUT2D eigenvalue weighted by Crippen LogP contribution is 2.27. The van der Waals surface area contributed by atoms with E-state index in [1.165, 1.54) is 11.8 Å². The van der Waals surface area contributed by atoms with Crippen LogP contribution in [0, 0.1) is 6.92 Å². The molecule has 0 radical (unpaired) electrons. The van der Waals surface area contributed by atoms with Crippen molar-refractivity contribution < 1.29 is 9.53 Å². The zero-order valence-corrected chi connectivity index (χ0v) is 19.9. The number of hydrogen-bond acceptors (Lipinski definition) is 6. The van der Waals surface area contributed by atoms with Crippen molar-refractivity contribution in [3.05, 3.63) is 57.4 Å². The Balaban J connectivity index is 1.63. The number of benzene rings is 1. The largest absolute Gasteiger partial charge is 0.483 e. The van der Waals surface area contributed by atoms with Gasteiger partial charge in [0.1, 0.15) is 11.6 Å². The summed E-state index contributed by atoms with van der Waals surface area (Å²) in [5.74, 6) is 1.94. The summed E-state index contributed by atoms with van der Waals surface area (Å²) < 4.78 is 8.82. The summed E-state index contributed by atoms with van der Waals surface area (Å²) >= 11 is 10.7. The highest BCUT2D eigenvalue weighted by Gasteiger charge is 2.19. The molecule has 158 valence electrons. The third-order valence-electron chi connectivity index (χ3n) is 4.19. The third-order valence-corrected chi connectivity index (χ3v) is 6.05. The summed E-state index contributed by atoms with van der Waals surface area (Å²) in [7, 11) is 0. The van der Waals surface area contributed by atoms with Crippen LogP contribution in [0.1, 0.15) is 31.3 Å². The molecule has 10 heteroatoms. The molecule has 0 aliphatic carbocycles. The molecule has 1 amide bonds. The van der Waals surface area contributed by atoms with Crippen molar-refractivity contribution in [3.8, 4) is 5.75 Å². The van der Waals surface area contributed by atoms with E-state index < -0.39 is 0 Å². The van der Waals surface area contributed by atoms with E-state index in [0.717, 1.165) is 10.0 Å². The minimum atomic E-state index is -0.312. The van der Waals surface area contributed by atoms with E-state index in [-0.39, 0.29) is 17.8 Å². The number of carbonyl (C=O) groups is 1. The van der Waals surface area contributed by atoms with Crippen molar-refractivity contribution in [2.45, 2.75) is 38.6 Å². The van der Waals surface area contributed by atoms with Gasteiger partial charge >= 0.3 is 0 Å². The molecule has 3 aromatic rings. The van der Waals surface area contributed by atoms with Crippen LogP contribution in [0.25, 0.3) is 0 Å². The van der Waals surface area contributed by atoms with Crippen LogP contribution >= 0.6 is 39.3 Å². The van der Waals surface area contributed by atoms with E-state index in [1.807, 2.05) is 49.6 Å². The number of halogens is 2. The lowest BCUT2D eigenvalue weighted by Gasteiger charge is -2.16. The lowest BCUT2D eigenvalue weighted by Crippen LogP contribution is -2.16. The maximum absolute atomic E-state index is 12.2. The summed E-state index contributed by atoms with van der Waals surface area (Å²) in [6.07, 6.45) is 1.32. The monoisotopic (exact) mass is 509 g/mol. The SMILES string of the molecule is CCn1c(SCC(=O)Nc2ccc(Br)cn2)nnc1C(C)Oc1ccc(Cl)c(C)c1. The number of anilines is 1. The number of carbonyl (C=O) groups excluding carboxylic acids is 1. The summed E-state index contributed by atoms with van der Waals surface area (Å²) in [5.41, 5.74) is 0.945. The molecule has 2 aromatic heterocycles. The van der Waals surface area contributed by atoms with Gasteiger partial charge in [-0.3, -0.25) is 4.79 Å². The van der Waals surface area contributed by atoms with Gasteiger partial charge < -0.3 is 14.6 Å². The van der Waals surface area contributed by atoms with E-state index in [1.54, 1.807) is 12.3 Å². The summed E-state index contributed by atoms with van der Waals surface area (Å²) in [6, 6.07) is 9.08. The molecule has 1 aromatic carbocycles. The van der Waals surface area contributed by atoms with Gasteiger partial charge in [0.25, 0.3) is 0 Å². The van der Waals surface area contributed by atoms with E-state index in [0.29, 0.717) is 34.1 Å². The molecule has 0 saturated heterocycles. The number of pyridine rings is 1. The zero-order valence-electron chi connectivity index (χ0n) is 16.7. The van der Waals surface area contributed by atoms with E-state index in [4.69, 9.17) is 16.3 Å². The smallest absolute Gasteiger partial charge is 0.236 e. The molecular weight excluding hydrogens is 490 g/mol. The zero-order chi connectivity index (χ0) is 21.7. The molecule has 2 heterocycles. The Hall–Kier alpha value is -2.10. The number of aromatic nitrogens is 4. The molecule has 1 N–H and O–H groups in total. The molecule has 0 saturated carbocycles. The normalized spacial score (nSPS) is 11.9. The van der Waals surface area contributed by atoms with Crippen LogP contribution in [0.5, 0.6) is 5.75 Å². The Morgan fingerprint density at radius 2 is 2.13 bits per heavy atom. The maximum Gasteiger partial charge on any atom is 0.236 e. The lowest BCUT2D eigenvalue weighted by molar-refractivity contribution is -0.113. The number of thioether (sulfide) groups is 1. The summed E-state index contributed by atoms with van der Waals surface area (Å²) in [5, 5.41) is 12.7. The maximum atomic E-state index is 12.2. The second-order valence-electron chi connectivity index (χ2n) is 6.45. The second kappa shape index (κ2) is 10.3. The van der Waals surface area contributed by atoms with E-state index >= 15 is 0 Å². The Kier molecular flexibility index (Phi) is 7.74. The molecule has 1 unspecified atom stereocenters. The van der Waals surface area contributed by atoms with Crippen molar-refractivity contribution >= 4 is 51.0 Å². The first-order valence-electron chi connectivity index (χ1n) is 9.27. The van der Waals surface area contributed by atoms with Gasteiger partial charge in [0.2, 0.25) is 5.91 Å². The van der Waals surface area contributed by atoms with Crippen molar-refractivity contribution in [2.24, 2.45) is 0 Å². The number of ether oxygens (including phenoxy) is 1. The molecule has 0 fully saturated rings. The first-order chi connectivity index (χ1) is 14.4. The Bertz CT molecular complexity index is 1030. The fourth-order valence-corrected chi connectivity index (χ4v) is 3.87. The summed E-state index contributed by atoms with van der Waals surface area (Å²) in [4.78, 5) is 16.4. The van der Waals surface area contributed by atoms with Crippen molar-refractivity contribution in [2.75, 3.05) is 11.1 Å². The van der Waals surface area contributed by atoms with Crippen LogP contribution in [0.15, 0.2) is 46.2 Å². The number of aryl methyl sites for hydroxylation is 1. The van der Waals surface area contributed by atoms with Crippen LogP contribution < -0.4 is 10.1 Å². The van der Waals surface area contributed by atoms with Gasteiger partial charge in [0, 0.05) is 22.2 Å². The van der Waals surface area contributed by atoms with Gasteiger partial charge in [-0.15, -0.1) is 10.2 Å². The van der Waals surface area contributed by atoms with Gasteiger partial charge in [0.15, 0.2) is 17.1 Å². The van der Waals surface area contributed by atoms with Crippen LogP contribution in [0.4, 0.5) is 5.82 Å². The molecule has 0 spiro atoms. The number of nitrogens with one attached hydrogen (secondary N) is 1. The van der Waals surface area contributed by atoms with Gasteiger partial charge in [0.05, 0.1) is 5.75 Å². The van der Waals surface area contributed by atoms with Gasteiger partial charge in [-0.2, -0.15) is 0 Å². The Morgan fingerprint density at radius 3 is 2.80 bits per heavy atom.